The molecule has 0 unspecified atom stereocenters. The van der Waals surface area contributed by atoms with Gasteiger partial charge in [-0.1, -0.05) is 62.1 Å². The number of thioether (sulfide) groups is 1. The zero-order chi connectivity index (χ0) is 24.0. The molecule has 33 heavy (non-hydrogen) atoms. The van der Waals surface area contributed by atoms with Crippen molar-refractivity contribution in [3.63, 3.8) is 0 Å². The smallest absolute Gasteiger partial charge is 0.266 e. The third-order valence-electron chi connectivity index (χ3n) is 5.06. The Morgan fingerprint density at radius 3 is 2.48 bits per heavy atom. The number of nitrogens with zero attached hydrogens (tertiary/aromatic N) is 1. The normalized spacial score (nSPS) is 14.8. The van der Waals surface area contributed by atoms with E-state index in [1.165, 1.54) is 22.2 Å². The molecule has 1 aliphatic rings. The van der Waals surface area contributed by atoms with E-state index in [4.69, 9.17) is 26.4 Å². The highest BCUT2D eigenvalue weighted by molar-refractivity contribution is 8.26. The van der Waals surface area contributed by atoms with Crippen LogP contribution < -0.4 is 14.2 Å². The van der Waals surface area contributed by atoms with Gasteiger partial charge in [0.15, 0.2) is 11.5 Å². The molecule has 0 spiro atoms. The van der Waals surface area contributed by atoms with E-state index in [2.05, 4.69) is 45.5 Å². The van der Waals surface area contributed by atoms with E-state index in [0.717, 1.165) is 16.9 Å². The minimum atomic E-state index is -0.113. The summed E-state index contributed by atoms with van der Waals surface area (Å²) in [6, 6.07) is 11.8. The van der Waals surface area contributed by atoms with Crippen molar-refractivity contribution in [1.29, 1.82) is 0 Å². The van der Waals surface area contributed by atoms with Crippen molar-refractivity contribution in [3.8, 4) is 17.2 Å². The van der Waals surface area contributed by atoms with Gasteiger partial charge >= 0.3 is 0 Å². The zero-order valence-corrected chi connectivity index (χ0v) is 21.1. The van der Waals surface area contributed by atoms with Gasteiger partial charge in [-0.2, -0.15) is 0 Å². The lowest BCUT2D eigenvalue weighted by atomic mass is 10.0. The third-order valence-corrected chi connectivity index (χ3v) is 6.44. The lowest BCUT2D eigenvalue weighted by Crippen LogP contribution is -2.27. The fraction of sp³-hybridized carbons (Fsp3) is 0.308. The molecule has 2 aromatic rings. The van der Waals surface area contributed by atoms with Gasteiger partial charge in [0.1, 0.15) is 23.3 Å². The first-order valence-electron chi connectivity index (χ1n) is 10.7. The Hall–Kier alpha value is -2.77. The maximum absolute atomic E-state index is 12.5. The number of hydrogen-bond acceptors (Lipinski definition) is 6. The van der Waals surface area contributed by atoms with Crippen molar-refractivity contribution in [2.45, 2.75) is 26.7 Å². The molecule has 1 fully saturated rings. The minimum Gasteiger partial charge on any atom is -0.493 e. The average Bonchev–Trinajstić information content (AvgIpc) is 3.04. The van der Waals surface area contributed by atoms with Crippen molar-refractivity contribution in [2.75, 3.05) is 26.9 Å². The van der Waals surface area contributed by atoms with Crippen molar-refractivity contribution >= 4 is 40.3 Å². The molecule has 174 valence electrons. The summed E-state index contributed by atoms with van der Waals surface area (Å²) < 4.78 is 17.9. The molecular weight excluding hydrogens is 454 g/mol. The molecule has 0 atom stereocenters. The zero-order valence-electron chi connectivity index (χ0n) is 19.4. The maximum atomic E-state index is 12.5. The highest BCUT2D eigenvalue weighted by Gasteiger charge is 2.31. The van der Waals surface area contributed by atoms with Gasteiger partial charge in [-0.25, -0.2) is 0 Å². The van der Waals surface area contributed by atoms with Crippen LogP contribution in [0.5, 0.6) is 17.2 Å². The van der Waals surface area contributed by atoms with Crippen molar-refractivity contribution in [2.24, 2.45) is 0 Å². The van der Waals surface area contributed by atoms with E-state index in [1.54, 1.807) is 13.2 Å². The molecule has 0 radical (unpaired) electrons. The molecule has 0 saturated carbocycles. The van der Waals surface area contributed by atoms with Crippen molar-refractivity contribution < 1.29 is 19.0 Å². The number of aryl methyl sites for hydroxylation is 1. The average molecular weight is 484 g/mol. The Morgan fingerprint density at radius 1 is 1.09 bits per heavy atom. The number of benzene rings is 2. The molecular formula is C26H29NO4S2. The molecule has 1 amide bonds. The predicted molar refractivity (Wildman–Crippen MR) is 139 cm³/mol. The van der Waals surface area contributed by atoms with E-state index < -0.39 is 0 Å². The van der Waals surface area contributed by atoms with Gasteiger partial charge in [0, 0.05) is 6.54 Å². The standard InChI is InChI=1S/C26H29NO4S2/c1-6-11-27-25(28)24(33-26(27)32)16-19-8-10-21(23(15-19)29-5)30-12-13-31-22-14-18(4)7-9-20(22)17(2)3/h6-10,14-17H,1,11-13H2,2-5H3/b24-16-. The van der Waals surface area contributed by atoms with Crippen LogP contribution in [-0.4, -0.2) is 42.0 Å². The van der Waals surface area contributed by atoms with Gasteiger partial charge in [-0.15, -0.1) is 6.58 Å². The quantitative estimate of drug-likeness (QED) is 0.180. The second-order valence-corrected chi connectivity index (χ2v) is 9.56. The second-order valence-electron chi connectivity index (χ2n) is 7.88. The number of rotatable bonds is 10. The summed E-state index contributed by atoms with van der Waals surface area (Å²) in [5.41, 5.74) is 3.17. The number of carbonyl (C=O) groups excluding carboxylic acids is 1. The lowest BCUT2D eigenvalue weighted by molar-refractivity contribution is -0.121. The van der Waals surface area contributed by atoms with Gasteiger partial charge in [0.2, 0.25) is 0 Å². The highest BCUT2D eigenvalue weighted by atomic mass is 32.2. The summed E-state index contributed by atoms with van der Waals surface area (Å²) in [5.74, 6) is 2.36. The van der Waals surface area contributed by atoms with Gasteiger partial charge in [0.05, 0.1) is 12.0 Å². The molecule has 5 nitrogen and oxygen atoms in total. The van der Waals surface area contributed by atoms with E-state index in [0.29, 0.717) is 46.4 Å². The molecule has 1 saturated heterocycles. The van der Waals surface area contributed by atoms with E-state index in [1.807, 2.05) is 24.3 Å². The molecule has 1 heterocycles. The van der Waals surface area contributed by atoms with Crippen LogP contribution in [-0.2, 0) is 4.79 Å². The fourth-order valence-electron chi connectivity index (χ4n) is 3.38. The summed E-state index contributed by atoms with van der Waals surface area (Å²) in [7, 11) is 1.59. The van der Waals surface area contributed by atoms with Crippen LogP contribution in [0.2, 0.25) is 0 Å². The summed E-state index contributed by atoms with van der Waals surface area (Å²) in [6.07, 6.45) is 3.47. The number of methoxy groups -OCH3 is 1. The number of amides is 1. The monoisotopic (exact) mass is 483 g/mol. The molecule has 1 aliphatic heterocycles. The molecule has 0 aliphatic carbocycles. The molecule has 0 aromatic heterocycles. The minimum absolute atomic E-state index is 0.113. The maximum Gasteiger partial charge on any atom is 0.266 e. The van der Waals surface area contributed by atoms with Crippen LogP contribution >= 0.6 is 24.0 Å². The first kappa shape index (κ1) is 24.9. The van der Waals surface area contributed by atoms with Gasteiger partial charge < -0.3 is 14.2 Å². The topological polar surface area (TPSA) is 48.0 Å². The molecule has 3 rings (SSSR count). The Balaban J connectivity index is 1.64. The molecule has 2 aromatic carbocycles. The largest absolute Gasteiger partial charge is 0.493 e. The molecule has 0 bridgehead atoms. The van der Waals surface area contributed by atoms with E-state index in [9.17, 15) is 4.79 Å². The van der Waals surface area contributed by atoms with Crippen LogP contribution in [0.15, 0.2) is 54.0 Å². The summed E-state index contributed by atoms with van der Waals surface area (Å²) in [5, 5.41) is 0. The van der Waals surface area contributed by atoms with Gasteiger partial charge in [-0.05, 0) is 53.8 Å². The van der Waals surface area contributed by atoms with E-state index in [-0.39, 0.29) is 5.91 Å². The van der Waals surface area contributed by atoms with Crippen molar-refractivity contribution in [1.82, 2.24) is 4.90 Å². The Kier molecular flexibility index (Phi) is 8.58. The second kappa shape index (κ2) is 11.4. The van der Waals surface area contributed by atoms with Gasteiger partial charge in [-0.3, -0.25) is 9.69 Å². The Morgan fingerprint density at radius 2 is 1.82 bits per heavy atom. The first-order chi connectivity index (χ1) is 15.8. The highest BCUT2D eigenvalue weighted by Crippen LogP contribution is 2.35. The SMILES string of the molecule is C=CCN1C(=O)/C(=C/c2ccc(OCCOc3cc(C)ccc3C(C)C)c(OC)c2)SC1=S. The Bertz CT molecular complexity index is 1080. The predicted octanol–water partition coefficient (Wildman–Crippen LogP) is 5.97. The van der Waals surface area contributed by atoms with Crippen LogP contribution in [0, 0.1) is 6.92 Å². The first-order valence-corrected chi connectivity index (χ1v) is 12.0. The summed E-state index contributed by atoms with van der Waals surface area (Å²) in [4.78, 5) is 14.7. The number of carbonyl (C=O) groups is 1. The number of ether oxygens (including phenoxy) is 3. The van der Waals surface area contributed by atoms with Crippen LogP contribution in [0.1, 0.15) is 36.5 Å². The summed E-state index contributed by atoms with van der Waals surface area (Å²) in [6.45, 7) is 11.2. The van der Waals surface area contributed by atoms with Gasteiger partial charge in [0.25, 0.3) is 5.91 Å². The molecule has 0 N–H and O–H groups in total. The third kappa shape index (κ3) is 6.18. The van der Waals surface area contributed by atoms with Crippen LogP contribution in [0.4, 0.5) is 0 Å². The van der Waals surface area contributed by atoms with E-state index >= 15 is 0 Å². The number of hydrogen-bond donors (Lipinski definition) is 0. The van der Waals surface area contributed by atoms with Crippen LogP contribution in [0.25, 0.3) is 6.08 Å². The number of thiocarbonyl (C=S) groups is 1. The Labute approximate surface area is 205 Å². The lowest BCUT2D eigenvalue weighted by Gasteiger charge is -2.16. The summed E-state index contributed by atoms with van der Waals surface area (Å²) >= 11 is 6.58. The van der Waals surface area contributed by atoms with Crippen LogP contribution in [0.3, 0.4) is 0 Å². The fourth-order valence-corrected chi connectivity index (χ4v) is 4.65. The molecule has 7 heteroatoms. The van der Waals surface area contributed by atoms with Crippen molar-refractivity contribution in [3.05, 3.63) is 70.6 Å².